The minimum Gasteiger partial charge on any atom is -0.497 e. The first kappa shape index (κ1) is 44.8. The summed E-state index contributed by atoms with van der Waals surface area (Å²) in [6.07, 6.45) is 1.47. The number of aliphatic hydroxyl groups is 1. The lowest BCUT2D eigenvalue weighted by Gasteiger charge is -2.39. The van der Waals surface area contributed by atoms with E-state index in [0.717, 1.165) is 71.0 Å². The molecular formula is C54H61N5O7Si. The number of hydrogen-bond donors (Lipinski definition) is 2. The predicted molar refractivity (Wildman–Crippen MR) is 262 cm³/mol. The van der Waals surface area contributed by atoms with Crippen LogP contribution in [0.4, 0.5) is 17.1 Å². The number of fused-ring (bicyclic) bond motifs is 3. The van der Waals surface area contributed by atoms with Crippen LogP contribution >= 0.6 is 0 Å². The number of piperidine rings is 1. The van der Waals surface area contributed by atoms with Gasteiger partial charge in [0.25, 0.3) is 11.8 Å². The van der Waals surface area contributed by atoms with Gasteiger partial charge in [0.1, 0.15) is 17.0 Å². The zero-order chi connectivity index (χ0) is 46.7. The molecule has 0 radical (unpaired) electrons. The Labute approximate surface area is 394 Å². The molecule has 0 aliphatic carbocycles. The van der Waals surface area contributed by atoms with E-state index in [2.05, 4.69) is 60.6 Å². The highest BCUT2D eigenvalue weighted by atomic mass is 28.3. The third-order valence-electron chi connectivity index (χ3n) is 15.8. The fourth-order valence-electron chi connectivity index (χ4n) is 12.2. The molecule has 3 amide bonds. The number of ether oxygens (including phenoxy) is 3. The molecule has 12 nitrogen and oxygen atoms in total. The first-order valence-electron chi connectivity index (χ1n) is 23.7. The van der Waals surface area contributed by atoms with E-state index in [0.29, 0.717) is 25.4 Å². The summed E-state index contributed by atoms with van der Waals surface area (Å²) in [6, 6.07) is 39.9. The first-order chi connectivity index (χ1) is 32.4. The summed E-state index contributed by atoms with van der Waals surface area (Å²) in [5.74, 6) is 0.864. The van der Waals surface area contributed by atoms with Crippen molar-refractivity contribution in [3.8, 4) is 11.5 Å². The maximum absolute atomic E-state index is 15.7. The van der Waals surface area contributed by atoms with Crippen molar-refractivity contribution in [3.63, 3.8) is 0 Å². The van der Waals surface area contributed by atoms with Gasteiger partial charge in [-0.05, 0) is 109 Å². The number of nitrogens with one attached hydrogen (secondary N) is 1. The summed E-state index contributed by atoms with van der Waals surface area (Å²) in [5, 5.41) is 15.2. The largest absolute Gasteiger partial charge is 0.497 e. The fraction of sp³-hybridized carbons (Fsp3) is 0.389. The van der Waals surface area contributed by atoms with E-state index in [4.69, 9.17) is 14.2 Å². The lowest BCUT2D eigenvalue weighted by molar-refractivity contribution is -0.151. The van der Waals surface area contributed by atoms with Crippen molar-refractivity contribution in [1.82, 2.24) is 10.2 Å². The summed E-state index contributed by atoms with van der Waals surface area (Å²) >= 11 is 0. The Hall–Kier alpha value is -5.99. The smallest absolute Gasteiger partial charge is 0.264 e. The second-order valence-corrected chi connectivity index (χ2v) is 24.2. The molecule has 5 aliphatic heterocycles. The molecule has 0 bridgehead atoms. The van der Waals surface area contributed by atoms with E-state index in [9.17, 15) is 14.7 Å². The van der Waals surface area contributed by atoms with E-state index in [1.165, 1.54) is 5.19 Å². The van der Waals surface area contributed by atoms with Gasteiger partial charge < -0.3 is 39.3 Å². The van der Waals surface area contributed by atoms with Gasteiger partial charge in [0.2, 0.25) is 5.91 Å². The Morgan fingerprint density at radius 1 is 0.821 bits per heavy atom. The van der Waals surface area contributed by atoms with Crippen LogP contribution in [-0.4, -0.2) is 94.1 Å². The highest BCUT2D eigenvalue weighted by Gasteiger charge is 2.67. The van der Waals surface area contributed by atoms with Crippen molar-refractivity contribution < 1.29 is 33.7 Å². The van der Waals surface area contributed by atoms with Gasteiger partial charge in [-0.3, -0.25) is 19.3 Å². The Morgan fingerprint density at radius 3 is 2.18 bits per heavy atom. The van der Waals surface area contributed by atoms with Crippen molar-refractivity contribution in [2.24, 2.45) is 5.92 Å². The van der Waals surface area contributed by atoms with Crippen LogP contribution in [0.2, 0.25) is 18.6 Å². The Balaban J connectivity index is 0.980. The number of benzene rings is 5. The van der Waals surface area contributed by atoms with Gasteiger partial charge in [0, 0.05) is 29.4 Å². The van der Waals surface area contributed by atoms with Crippen molar-refractivity contribution in [1.29, 1.82) is 0 Å². The summed E-state index contributed by atoms with van der Waals surface area (Å²) in [7, 11) is 0.702. The topological polar surface area (TPSA) is 124 Å². The number of methoxy groups -OCH3 is 2. The molecule has 13 heteroatoms. The molecule has 348 valence electrons. The van der Waals surface area contributed by atoms with Crippen molar-refractivity contribution in [3.05, 3.63) is 144 Å². The summed E-state index contributed by atoms with van der Waals surface area (Å²) in [4.78, 5) is 52.7. The molecule has 3 fully saturated rings. The molecule has 0 unspecified atom stereocenters. The summed E-state index contributed by atoms with van der Waals surface area (Å²) < 4.78 is 18.7. The number of nitrogens with zero attached hydrogens (tertiary/aromatic N) is 4. The lowest BCUT2D eigenvalue weighted by atomic mass is 9.82. The first-order valence-corrected chi connectivity index (χ1v) is 26.8. The second kappa shape index (κ2) is 17.6. The quantitative estimate of drug-likeness (QED) is 0.139. The summed E-state index contributed by atoms with van der Waals surface area (Å²) in [5.41, 5.74) is 4.24. The van der Waals surface area contributed by atoms with E-state index in [-0.39, 0.29) is 54.8 Å². The zero-order valence-electron chi connectivity index (χ0n) is 39.1. The summed E-state index contributed by atoms with van der Waals surface area (Å²) in [6.45, 7) is 9.28. The number of para-hydroxylation sites is 1. The molecule has 5 atom stereocenters. The molecule has 2 spiro atoms. The van der Waals surface area contributed by atoms with Gasteiger partial charge in [-0.15, -0.1) is 0 Å². The van der Waals surface area contributed by atoms with Gasteiger partial charge in [0.05, 0.1) is 66.4 Å². The van der Waals surface area contributed by atoms with Crippen molar-refractivity contribution in [2.75, 3.05) is 55.3 Å². The van der Waals surface area contributed by atoms with Crippen LogP contribution < -0.4 is 34.7 Å². The third kappa shape index (κ3) is 7.42. The Bertz CT molecular complexity index is 2660. The minimum atomic E-state index is -2.58. The van der Waals surface area contributed by atoms with Gasteiger partial charge in [0.15, 0.2) is 5.60 Å². The normalized spacial score (nSPS) is 24.4. The molecule has 5 aromatic carbocycles. The van der Waals surface area contributed by atoms with Crippen LogP contribution in [-0.2, 0) is 44.2 Å². The maximum atomic E-state index is 15.7. The maximum Gasteiger partial charge on any atom is 0.264 e. The molecule has 10 rings (SSSR count). The molecule has 0 saturated carbocycles. The van der Waals surface area contributed by atoms with Crippen LogP contribution in [0.25, 0.3) is 0 Å². The number of amides is 3. The molecule has 5 aliphatic rings. The Morgan fingerprint density at radius 2 is 1.49 bits per heavy atom. The van der Waals surface area contributed by atoms with Crippen LogP contribution in [0.3, 0.4) is 0 Å². The number of rotatable bonds is 11. The molecule has 5 heterocycles. The van der Waals surface area contributed by atoms with Crippen LogP contribution in [0.5, 0.6) is 11.5 Å². The standard InChI is InChI=1S/C54H61N5O7Si/c1-36-50(67(4,5)45-22-19-43(64-2)20-23-45)48(31-49(61)56-33-39-12-10-9-11-38(39)29-42(56)34-60)66-54(36)46-30-44(65-3)21-24-47(46)57(52(54)63)32-37-15-17-40(18-16-37)58-35-59(41-13-7-6-8-14-41)53(51(58)62)25-27-55-28-26-53/h6-24,30,36,42,48,50,55,60H,25-29,31-35H2,1-5H3/t36-,42+,48+,50-,54+/m1/s1. The van der Waals surface area contributed by atoms with Gasteiger partial charge in [-0.1, -0.05) is 91.9 Å². The monoisotopic (exact) mass is 919 g/mol. The average Bonchev–Trinajstić information content (AvgIpc) is 3.90. The van der Waals surface area contributed by atoms with E-state index in [1.807, 2.05) is 106 Å². The number of carbonyl (C=O) groups is 3. The average molecular weight is 920 g/mol. The van der Waals surface area contributed by atoms with Crippen LogP contribution in [0.15, 0.2) is 121 Å². The number of carbonyl (C=O) groups excluding carboxylic acids is 3. The predicted octanol–water partition coefficient (Wildman–Crippen LogP) is 6.74. The fourth-order valence-corrected chi connectivity index (χ4v) is 16.3. The van der Waals surface area contributed by atoms with Crippen molar-refractivity contribution in [2.45, 2.75) is 87.6 Å². The zero-order valence-corrected chi connectivity index (χ0v) is 40.1. The van der Waals surface area contributed by atoms with E-state index in [1.54, 1.807) is 14.2 Å². The molecular weight excluding hydrogens is 859 g/mol. The molecule has 2 N–H and O–H groups in total. The molecule has 0 aromatic heterocycles. The van der Waals surface area contributed by atoms with Crippen LogP contribution in [0.1, 0.15) is 48.4 Å². The van der Waals surface area contributed by atoms with Crippen LogP contribution in [0, 0.1) is 5.92 Å². The van der Waals surface area contributed by atoms with Gasteiger partial charge in [-0.25, -0.2) is 0 Å². The highest BCUT2D eigenvalue weighted by molar-refractivity contribution is 6.91. The third-order valence-corrected chi connectivity index (χ3v) is 20.2. The van der Waals surface area contributed by atoms with E-state index >= 15 is 4.79 Å². The number of anilines is 3. The lowest BCUT2D eigenvalue weighted by Crippen LogP contribution is -2.55. The second-order valence-electron chi connectivity index (χ2n) is 19.6. The van der Waals surface area contributed by atoms with Gasteiger partial charge in [-0.2, -0.15) is 0 Å². The molecule has 5 aromatic rings. The highest BCUT2D eigenvalue weighted by Crippen LogP contribution is 2.61. The minimum absolute atomic E-state index is 0.0603. The number of aliphatic hydroxyl groups excluding tert-OH is 1. The molecule has 3 saturated heterocycles. The molecule has 67 heavy (non-hydrogen) atoms. The number of hydrogen-bond acceptors (Lipinski definition) is 9. The Kier molecular flexibility index (Phi) is 11.8. The van der Waals surface area contributed by atoms with Gasteiger partial charge >= 0.3 is 0 Å². The SMILES string of the molecule is COc1ccc([Si](C)(C)[C@H]2[C@H](CC(=O)N3Cc4ccccc4C[C@H]3CO)O[C@@]3(C(=O)N(Cc4ccc(N5CN(c6ccccc6)C6(CCNCC6)C5=O)cc4)c4ccc(OC)cc43)[C@@H]2C)cc1. The van der Waals surface area contributed by atoms with E-state index < -0.39 is 25.3 Å². The van der Waals surface area contributed by atoms with Crippen molar-refractivity contribution >= 4 is 48.0 Å².